The first-order valence-corrected chi connectivity index (χ1v) is 7.76. The summed E-state index contributed by atoms with van der Waals surface area (Å²) in [5, 5.41) is 11.1. The van der Waals surface area contributed by atoms with Crippen molar-refractivity contribution >= 4 is 17.6 Å². The predicted octanol–water partition coefficient (Wildman–Crippen LogP) is 0.830. The van der Waals surface area contributed by atoms with E-state index in [0.29, 0.717) is 24.5 Å². The maximum atomic E-state index is 12.3. The number of amides is 2. The maximum absolute atomic E-state index is 12.3. The standard InChI is InChI=1S/C15H20N6O2/c1-3-20-6-5-13(18-20)17-14(22)12-8-19(9-12)15(23)11-7-16-21(4-2)10-11/h5-7,10,12H,3-4,8-9H2,1-2H3,(H,17,18,22). The van der Waals surface area contributed by atoms with Gasteiger partial charge >= 0.3 is 0 Å². The van der Waals surface area contributed by atoms with Gasteiger partial charge in [-0.15, -0.1) is 0 Å². The van der Waals surface area contributed by atoms with Gasteiger partial charge in [-0.3, -0.25) is 19.0 Å². The molecule has 2 aromatic heterocycles. The fourth-order valence-corrected chi connectivity index (χ4v) is 2.47. The zero-order valence-electron chi connectivity index (χ0n) is 13.3. The number of anilines is 1. The van der Waals surface area contributed by atoms with E-state index in [-0.39, 0.29) is 17.7 Å². The van der Waals surface area contributed by atoms with Crippen molar-refractivity contribution in [2.75, 3.05) is 18.4 Å². The summed E-state index contributed by atoms with van der Waals surface area (Å²) in [6, 6.07) is 1.77. The molecule has 3 heterocycles. The summed E-state index contributed by atoms with van der Waals surface area (Å²) in [4.78, 5) is 26.0. The quantitative estimate of drug-likeness (QED) is 0.885. The van der Waals surface area contributed by atoms with Crippen LogP contribution in [0.1, 0.15) is 24.2 Å². The second kappa shape index (κ2) is 6.23. The number of likely N-dealkylation sites (tertiary alicyclic amines) is 1. The van der Waals surface area contributed by atoms with Crippen molar-refractivity contribution in [3.63, 3.8) is 0 Å². The minimum Gasteiger partial charge on any atom is -0.337 e. The molecule has 122 valence electrons. The van der Waals surface area contributed by atoms with Gasteiger partial charge in [0.15, 0.2) is 5.82 Å². The van der Waals surface area contributed by atoms with Gasteiger partial charge in [-0.2, -0.15) is 10.2 Å². The van der Waals surface area contributed by atoms with Crippen LogP contribution in [0, 0.1) is 5.92 Å². The highest BCUT2D eigenvalue weighted by atomic mass is 16.2. The van der Waals surface area contributed by atoms with Crippen LogP contribution in [-0.4, -0.2) is 49.4 Å². The Balaban J connectivity index is 1.51. The molecule has 0 bridgehead atoms. The predicted molar refractivity (Wildman–Crippen MR) is 83.8 cm³/mol. The summed E-state index contributed by atoms with van der Waals surface area (Å²) in [6.07, 6.45) is 5.11. The molecule has 1 aliphatic rings. The molecule has 2 aromatic rings. The Morgan fingerprint density at radius 2 is 2.00 bits per heavy atom. The van der Waals surface area contributed by atoms with Gasteiger partial charge in [0.1, 0.15) is 0 Å². The number of aryl methyl sites for hydroxylation is 2. The SMILES string of the molecule is CCn1cc(C(=O)N2CC(C(=O)Nc3ccn(CC)n3)C2)cn1. The Bertz CT molecular complexity index is 713. The fourth-order valence-electron chi connectivity index (χ4n) is 2.47. The van der Waals surface area contributed by atoms with E-state index in [4.69, 9.17) is 0 Å². The summed E-state index contributed by atoms with van der Waals surface area (Å²) in [6.45, 7) is 6.28. The number of aromatic nitrogens is 4. The Labute approximate surface area is 134 Å². The third-order valence-corrected chi connectivity index (χ3v) is 3.96. The molecular formula is C15H20N6O2. The molecule has 0 aromatic carbocycles. The van der Waals surface area contributed by atoms with Crippen LogP contribution in [0.25, 0.3) is 0 Å². The van der Waals surface area contributed by atoms with E-state index in [1.807, 2.05) is 20.0 Å². The molecule has 0 unspecified atom stereocenters. The summed E-state index contributed by atoms with van der Waals surface area (Å²) >= 11 is 0. The van der Waals surface area contributed by atoms with Crippen molar-refractivity contribution in [2.24, 2.45) is 5.92 Å². The van der Waals surface area contributed by atoms with E-state index in [0.717, 1.165) is 13.1 Å². The minimum absolute atomic E-state index is 0.0796. The largest absolute Gasteiger partial charge is 0.337 e. The monoisotopic (exact) mass is 316 g/mol. The molecule has 0 atom stereocenters. The third kappa shape index (κ3) is 3.10. The minimum atomic E-state index is -0.188. The Hall–Kier alpha value is -2.64. The highest BCUT2D eigenvalue weighted by molar-refractivity contribution is 5.98. The molecule has 8 nitrogen and oxygen atoms in total. The maximum Gasteiger partial charge on any atom is 0.257 e. The van der Waals surface area contributed by atoms with Gasteiger partial charge in [0.25, 0.3) is 5.91 Å². The lowest BCUT2D eigenvalue weighted by Crippen LogP contribution is -2.54. The summed E-state index contributed by atoms with van der Waals surface area (Å²) in [5.41, 5.74) is 0.562. The van der Waals surface area contributed by atoms with E-state index in [1.54, 1.807) is 32.7 Å². The van der Waals surface area contributed by atoms with Crippen LogP contribution in [-0.2, 0) is 17.9 Å². The Morgan fingerprint density at radius 1 is 1.26 bits per heavy atom. The summed E-state index contributed by atoms with van der Waals surface area (Å²) in [7, 11) is 0. The zero-order chi connectivity index (χ0) is 16.4. The molecule has 3 rings (SSSR count). The van der Waals surface area contributed by atoms with Gasteiger partial charge in [0.05, 0.1) is 17.7 Å². The number of hydrogen-bond donors (Lipinski definition) is 1. The van der Waals surface area contributed by atoms with Crippen molar-refractivity contribution in [3.05, 3.63) is 30.2 Å². The van der Waals surface area contributed by atoms with Crippen molar-refractivity contribution in [2.45, 2.75) is 26.9 Å². The van der Waals surface area contributed by atoms with E-state index in [9.17, 15) is 9.59 Å². The summed E-state index contributed by atoms with van der Waals surface area (Å²) < 4.78 is 3.46. The Morgan fingerprint density at radius 3 is 2.61 bits per heavy atom. The average Bonchev–Trinajstić information content (AvgIpc) is 3.14. The number of carbonyl (C=O) groups is 2. The molecule has 0 radical (unpaired) electrons. The molecule has 1 aliphatic heterocycles. The Kier molecular flexibility index (Phi) is 4.14. The van der Waals surface area contributed by atoms with Crippen molar-refractivity contribution in [3.8, 4) is 0 Å². The van der Waals surface area contributed by atoms with Crippen LogP contribution in [0.2, 0.25) is 0 Å². The lowest BCUT2D eigenvalue weighted by Gasteiger charge is -2.37. The number of rotatable bonds is 5. The van der Waals surface area contributed by atoms with Gasteiger partial charge in [0.2, 0.25) is 5.91 Å². The second-order valence-electron chi connectivity index (χ2n) is 5.54. The molecule has 1 N–H and O–H groups in total. The molecule has 0 aliphatic carbocycles. The molecule has 23 heavy (non-hydrogen) atoms. The molecule has 0 saturated carbocycles. The highest BCUT2D eigenvalue weighted by Crippen LogP contribution is 2.20. The lowest BCUT2D eigenvalue weighted by atomic mass is 9.98. The van der Waals surface area contributed by atoms with Crippen LogP contribution in [0.5, 0.6) is 0 Å². The van der Waals surface area contributed by atoms with Gasteiger partial charge < -0.3 is 10.2 Å². The van der Waals surface area contributed by atoms with Crippen LogP contribution in [0.4, 0.5) is 5.82 Å². The van der Waals surface area contributed by atoms with Gasteiger partial charge in [0, 0.05) is 44.6 Å². The highest BCUT2D eigenvalue weighted by Gasteiger charge is 2.36. The summed E-state index contributed by atoms with van der Waals surface area (Å²) in [5.74, 6) is 0.182. The zero-order valence-corrected chi connectivity index (χ0v) is 13.3. The van der Waals surface area contributed by atoms with E-state index >= 15 is 0 Å². The molecule has 8 heteroatoms. The van der Waals surface area contributed by atoms with Crippen LogP contribution >= 0.6 is 0 Å². The molecule has 1 saturated heterocycles. The fraction of sp³-hybridized carbons (Fsp3) is 0.467. The van der Waals surface area contributed by atoms with Crippen molar-refractivity contribution < 1.29 is 9.59 Å². The normalized spacial score (nSPS) is 14.6. The topological polar surface area (TPSA) is 85.0 Å². The second-order valence-corrected chi connectivity index (χ2v) is 5.54. The van der Waals surface area contributed by atoms with Gasteiger partial charge in [-0.05, 0) is 13.8 Å². The first-order chi connectivity index (χ1) is 11.1. The first kappa shape index (κ1) is 15.3. The van der Waals surface area contributed by atoms with Gasteiger partial charge in [-0.25, -0.2) is 0 Å². The van der Waals surface area contributed by atoms with E-state index < -0.39 is 0 Å². The first-order valence-electron chi connectivity index (χ1n) is 7.76. The number of nitrogens with one attached hydrogen (secondary N) is 1. The number of carbonyl (C=O) groups excluding carboxylic acids is 2. The van der Waals surface area contributed by atoms with Gasteiger partial charge in [-0.1, -0.05) is 0 Å². The van der Waals surface area contributed by atoms with Crippen molar-refractivity contribution in [1.82, 2.24) is 24.5 Å². The molecular weight excluding hydrogens is 296 g/mol. The number of hydrogen-bond acceptors (Lipinski definition) is 4. The average molecular weight is 316 g/mol. The molecule has 1 fully saturated rings. The third-order valence-electron chi connectivity index (χ3n) is 3.96. The molecule has 0 spiro atoms. The smallest absolute Gasteiger partial charge is 0.257 e. The van der Waals surface area contributed by atoms with Crippen molar-refractivity contribution in [1.29, 1.82) is 0 Å². The number of nitrogens with zero attached hydrogens (tertiary/aromatic N) is 5. The van der Waals surface area contributed by atoms with E-state index in [2.05, 4.69) is 15.5 Å². The lowest BCUT2D eigenvalue weighted by molar-refractivity contribution is -0.123. The van der Waals surface area contributed by atoms with Crippen LogP contribution < -0.4 is 5.32 Å². The molecule has 2 amide bonds. The van der Waals surface area contributed by atoms with Crippen LogP contribution in [0.3, 0.4) is 0 Å². The van der Waals surface area contributed by atoms with Crippen LogP contribution in [0.15, 0.2) is 24.7 Å². The van der Waals surface area contributed by atoms with E-state index in [1.165, 1.54) is 0 Å².